The first kappa shape index (κ1) is 13.6. The van der Waals surface area contributed by atoms with Gasteiger partial charge in [0.15, 0.2) is 5.13 Å². The first-order valence-corrected chi connectivity index (χ1v) is 5.60. The van der Waals surface area contributed by atoms with E-state index >= 15 is 0 Å². The van der Waals surface area contributed by atoms with E-state index in [2.05, 4.69) is 23.1 Å². The van der Waals surface area contributed by atoms with Crippen molar-refractivity contribution in [2.45, 2.75) is 13.8 Å². The molecule has 0 aliphatic heterocycles. The molecule has 3 nitrogen and oxygen atoms in total. The molecule has 1 aromatic heterocycles. The Kier molecular flexibility index (Phi) is 7.18. The standard InChI is InChI=1S/C8H8N2S.C2H6.CH3N/c1-9-8-10-6-4-2-3-5-7(6)11-8;2*1-2/h2-5H,1H3,(H,9,10);1-2H3;2H,1H2. The Hall–Kier alpha value is -1.42. The number of fused-ring (bicyclic) bond motifs is 1. The van der Waals surface area contributed by atoms with E-state index in [1.807, 2.05) is 39.1 Å². The monoisotopic (exact) mass is 223 g/mol. The molecule has 0 amide bonds. The fourth-order valence-electron chi connectivity index (χ4n) is 0.979. The van der Waals surface area contributed by atoms with Crippen LogP contribution in [-0.2, 0) is 0 Å². The highest BCUT2D eigenvalue weighted by atomic mass is 32.1. The molecule has 0 saturated heterocycles. The van der Waals surface area contributed by atoms with Crippen LogP contribution in [0.3, 0.4) is 0 Å². The van der Waals surface area contributed by atoms with Crippen molar-refractivity contribution in [3.8, 4) is 0 Å². The van der Waals surface area contributed by atoms with Crippen LogP contribution in [-0.4, -0.2) is 18.7 Å². The highest BCUT2D eigenvalue weighted by Gasteiger charge is 1.98. The van der Waals surface area contributed by atoms with Gasteiger partial charge in [0.25, 0.3) is 0 Å². The van der Waals surface area contributed by atoms with Crippen LogP contribution in [0.25, 0.3) is 10.2 Å². The van der Waals surface area contributed by atoms with Crippen molar-refractivity contribution in [1.29, 1.82) is 5.41 Å². The van der Waals surface area contributed by atoms with Gasteiger partial charge in [-0.2, -0.15) is 0 Å². The molecule has 4 heteroatoms. The van der Waals surface area contributed by atoms with Gasteiger partial charge in [0, 0.05) is 7.05 Å². The van der Waals surface area contributed by atoms with Crippen LogP contribution in [0.5, 0.6) is 0 Å². The first-order valence-electron chi connectivity index (χ1n) is 4.79. The molecule has 0 radical (unpaired) electrons. The second-order valence-electron chi connectivity index (χ2n) is 2.24. The minimum Gasteiger partial charge on any atom is -0.365 e. The number of nitrogens with zero attached hydrogens (tertiary/aromatic N) is 1. The summed E-state index contributed by atoms with van der Waals surface area (Å²) in [6.07, 6.45) is 0. The molecular weight excluding hydrogens is 206 g/mol. The Balaban J connectivity index is 0.000000442. The number of para-hydroxylation sites is 1. The summed E-state index contributed by atoms with van der Waals surface area (Å²) in [5.41, 5.74) is 1.07. The van der Waals surface area contributed by atoms with Crippen molar-refractivity contribution in [2.75, 3.05) is 12.4 Å². The van der Waals surface area contributed by atoms with Crippen molar-refractivity contribution in [3.05, 3.63) is 24.3 Å². The summed E-state index contributed by atoms with van der Waals surface area (Å²) < 4.78 is 1.23. The minimum atomic E-state index is 0.978. The highest BCUT2D eigenvalue weighted by Crippen LogP contribution is 2.24. The summed E-state index contributed by atoms with van der Waals surface area (Å²) in [5.74, 6) is 0. The third kappa shape index (κ3) is 3.67. The van der Waals surface area contributed by atoms with Gasteiger partial charge >= 0.3 is 0 Å². The normalized spacial score (nSPS) is 8.20. The van der Waals surface area contributed by atoms with Crippen molar-refractivity contribution in [3.63, 3.8) is 0 Å². The van der Waals surface area contributed by atoms with Crippen LogP contribution in [0.15, 0.2) is 24.3 Å². The van der Waals surface area contributed by atoms with Crippen molar-refractivity contribution in [1.82, 2.24) is 4.98 Å². The molecule has 0 atom stereocenters. The van der Waals surface area contributed by atoms with Crippen LogP contribution in [0.2, 0.25) is 0 Å². The molecule has 0 saturated carbocycles. The Labute approximate surface area is 94.7 Å². The maximum atomic E-state index is 5.50. The number of nitrogens with one attached hydrogen (secondary N) is 2. The van der Waals surface area contributed by atoms with Crippen molar-refractivity contribution >= 4 is 33.4 Å². The summed E-state index contributed by atoms with van der Waals surface area (Å²) in [4.78, 5) is 4.34. The van der Waals surface area contributed by atoms with Gasteiger partial charge in [0.2, 0.25) is 0 Å². The average molecular weight is 223 g/mol. The highest BCUT2D eigenvalue weighted by molar-refractivity contribution is 7.22. The first-order chi connectivity index (χ1) is 7.40. The van der Waals surface area contributed by atoms with Crippen molar-refractivity contribution in [2.24, 2.45) is 0 Å². The van der Waals surface area contributed by atoms with Gasteiger partial charge in [-0.1, -0.05) is 37.3 Å². The molecule has 1 heterocycles. The zero-order valence-corrected chi connectivity index (χ0v) is 10.2. The van der Waals surface area contributed by atoms with E-state index in [0.717, 1.165) is 10.6 Å². The molecule has 0 aliphatic carbocycles. The molecule has 0 fully saturated rings. The fraction of sp³-hybridized carbons (Fsp3) is 0.273. The maximum Gasteiger partial charge on any atom is 0.183 e. The smallest absolute Gasteiger partial charge is 0.183 e. The largest absolute Gasteiger partial charge is 0.365 e. The molecule has 0 bridgehead atoms. The molecule has 1 aromatic carbocycles. The van der Waals surface area contributed by atoms with Gasteiger partial charge in [-0.05, 0) is 18.9 Å². The Morgan fingerprint density at radius 1 is 1.27 bits per heavy atom. The lowest BCUT2D eigenvalue weighted by atomic mass is 10.3. The van der Waals surface area contributed by atoms with Gasteiger partial charge in [-0.3, -0.25) is 0 Å². The zero-order valence-electron chi connectivity index (χ0n) is 9.37. The Morgan fingerprint density at radius 3 is 2.40 bits per heavy atom. The van der Waals surface area contributed by atoms with Crippen LogP contribution in [0.1, 0.15) is 13.8 Å². The summed E-state index contributed by atoms with van der Waals surface area (Å²) >= 11 is 1.68. The molecular formula is C11H17N3S. The number of thiazole rings is 1. The molecule has 15 heavy (non-hydrogen) atoms. The summed E-state index contributed by atoms with van der Waals surface area (Å²) in [6.45, 7) is 6.50. The van der Waals surface area contributed by atoms with Crippen LogP contribution in [0, 0.1) is 5.41 Å². The van der Waals surface area contributed by atoms with E-state index in [0.29, 0.717) is 0 Å². The zero-order chi connectivity index (χ0) is 11.7. The number of anilines is 1. The molecule has 2 N–H and O–H groups in total. The van der Waals surface area contributed by atoms with Gasteiger partial charge in [-0.25, -0.2) is 4.98 Å². The number of aromatic nitrogens is 1. The number of hydrogen-bond donors (Lipinski definition) is 2. The lowest BCUT2D eigenvalue weighted by molar-refractivity contribution is 1.41. The predicted octanol–water partition coefficient (Wildman–Crippen LogP) is 3.63. The third-order valence-electron chi connectivity index (χ3n) is 1.51. The lowest BCUT2D eigenvalue weighted by Crippen LogP contribution is -1.83. The molecule has 2 rings (SSSR count). The number of rotatable bonds is 1. The SMILES string of the molecule is C=N.CC.CNc1nc2ccccc2s1. The Bertz CT molecular complexity index is 351. The molecule has 0 aliphatic rings. The van der Waals surface area contributed by atoms with E-state index in [-0.39, 0.29) is 0 Å². The van der Waals surface area contributed by atoms with Gasteiger partial charge in [0.1, 0.15) is 0 Å². The summed E-state index contributed by atoms with van der Waals surface area (Å²) in [6, 6.07) is 8.13. The number of hydrogen-bond acceptors (Lipinski definition) is 4. The molecule has 0 spiro atoms. The maximum absolute atomic E-state index is 5.50. The second kappa shape index (κ2) is 7.94. The molecule has 82 valence electrons. The van der Waals surface area contributed by atoms with E-state index in [1.165, 1.54) is 4.70 Å². The van der Waals surface area contributed by atoms with Gasteiger partial charge in [0.05, 0.1) is 10.2 Å². The lowest BCUT2D eigenvalue weighted by Gasteiger charge is -1.84. The molecule has 0 unspecified atom stereocenters. The van der Waals surface area contributed by atoms with Crippen LogP contribution >= 0.6 is 11.3 Å². The van der Waals surface area contributed by atoms with Crippen molar-refractivity contribution < 1.29 is 0 Å². The molecule has 2 aromatic rings. The van der Waals surface area contributed by atoms with E-state index in [4.69, 9.17) is 5.41 Å². The van der Waals surface area contributed by atoms with Gasteiger partial charge < -0.3 is 10.7 Å². The third-order valence-corrected chi connectivity index (χ3v) is 2.56. The topological polar surface area (TPSA) is 48.8 Å². The number of benzene rings is 1. The second-order valence-corrected chi connectivity index (χ2v) is 3.27. The van der Waals surface area contributed by atoms with Crippen LogP contribution < -0.4 is 5.32 Å². The predicted molar refractivity (Wildman–Crippen MR) is 70.4 cm³/mol. The van der Waals surface area contributed by atoms with E-state index in [9.17, 15) is 0 Å². The average Bonchev–Trinajstić information content (AvgIpc) is 2.77. The fourth-order valence-corrected chi connectivity index (χ4v) is 1.80. The Morgan fingerprint density at radius 2 is 1.87 bits per heavy atom. The summed E-state index contributed by atoms with van der Waals surface area (Å²) in [7, 11) is 1.89. The van der Waals surface area contributed by atoms with Gasteiger partial charge in [-0.15, -0.1) is 0 Å². The minimum absolute atomic E-state index is 0.978. The van der Waals surface area contributed by atoms with E-state index in [1.54, 1.807) is 11.3 Å². The van der Waals surface area contributed by atoms with E-state index < -0.39 is 0 Å². The quantitative estimate of drug-likeness (QED) is 0.725. The summed E-state index contributed by atoms with van der Waals surface area (Å²) in [5, 5.41) is 9.50. The van der Waals surface area contributed by atoms with Crippen LogP contribution in [0.4, 0.5) is 5.13 Å².